The number of ether oxygens (including phenoxy) is 1. The molecular weight excluding hydrogens is 292 g/mol. The van der Waals surface area contributed by atoms with E-state index in [2.05, 4.69) is 15.2 Å². The Kier molecular flexibility index (Phi) is 5.08. The highest BCUT2D eigenvalue weighted by molar-refractivity contribution is 6.04. The summed E-state index contributed by atoms with van der Waals surface area (Å²) in [6, 6.07) is 7.32. The van der Waals surface area contributed by atoms with E-state index >= 15 is 0 Å². The first-order valence-corrected chi connectivity index (χ1v) is 6.83. The molecule has 0 saturated carbocycles. The van der Waals surface area contributed by atoms with E-state index in [9.17, 15) is 13.6 Å². The highest BCUT2D eigenvalue weighted by atomic mass is 19.3. The topological polar surface area (TPSA) is 56.2 Å². The van der Waals surface area contributed by atoms with Crippen LogP contribution in [0.2, 0.25) is 0 Å². The minimum Gasteiger partial charge on any atom is -0.435 e. The quantitative estimate of drug-likeness (QED) is 0.890. The number of aromatic nitrogens is 2. The van der Waals surface area contributed by atoms with Crippen LogP contribution in [0.5, 0.6) is 5.75 Å². The van der Waals surface area contributed by atoms with Crippen LogP contribution in [0.1, 0.15) is 24.2 Å². The van der Waals surface area contributed by atoms with Crippen molar-refractivity contribution in [2.24, 2.45) is 5.92 Å². The van der Waals surface area contributed by atoms with Crippen LogP contribution in [0, 0.1) is 5.92 Å². The van der Waals surface area contributed by atoms with Gasteiger partial charge in [0.15, 0.2) is 0 Å². The molecule has 0 saturated heterocycles. The monoisotopic (exact) mass is 309 g/mol. The van der Waals surface area contributed by atoms with Crippen molar-refractivity contribution in [3.8, 4) is 5.75 Å². The Hall–Kier alpha value is -2.44. The number of anilines is 1. The predicted molar refractivity (Wildman–Crippen MR) is 78.1 cm³/mol. The summed E-state index contributed by atoms with van der Waals surface area (Å²) in [5.74, 6) is 0.459. The molecule has 0 aliphatic heterocycles. The lowest BCUT2D eigenvalue weighted by atomic mass is 10.2. The van der Waals surface area contributed by atoms with Crippen LogP contribution in [-0.4, -0.2) is 22.3 Å². The lowest BCUT2D eigenvalue weighted by Crippen LogP contribution is -2.17. The average molecular weight is 309 g/mol. The number of rotatable bonds is 6. The molecule has 118 valence electrons. The SMILES string of the molecule is CC(C)Cn1nccc1NC(=O)c1cccc(OC(F)F)c1. The van der Waals surface area contributed by atoms with E-state index in [1.54, 1.807) is 16.9 Å². The Balaban J connectivity index is 2.11. The summed E-state index contributed by atoms with van der Waals surface area (Å²) in [5.41, 5.74) is 0.232. The van der Waals surface area contributed by atoms with Crippen molar-refractivity contribution >= 4 is 11.7 Å². The molecule has 5 nitrogen and oxygen atoms in total. The minimum atomic E-state index is -2.93. The predicted octanol–water partition coefficient (Wildman–Crippen LogP) is 3.39. The van der Waals surface area contributed by atoms with Crippen molar-refractivity contribution < 1.29 is 18.3 Å². The summed E-state index contributed by atoms with van der Waals surface area (Å²) in [5, 5.41) is 6.85. The maximum absolute atomic E-state index is 12.2. The standard InChI is InChI=1S/C15H17F2N3O2/c1-10(2)9-20-13(6-7-18-20)19-14(21)11-4-3-5-12(8-11)22-15(16)17/h3-8,10,15H,9H2,1-2H3,(H,19,21). The number of nitrogens with zero attached hydrogens (tertiary/aromatic N) is 2. The Morgan fingerprint density at radius 2 is 2.14 bits per heavy atom. The number of amides is 1. The van der Waals surface area contributed by atoms with E-state index < -0.39 is 12.5 Å². The van der Waals surface area contributed by atoms with Crippen LogP contribution < -0.4 is 10.1 Å². The van der Waals surface area contributed by atoms with E-state index in [4.69, 9.17) is 0 Å². The van der Waals surface area contributed by atoms with Crippen molar-refractivity contribution in [1.82, 2.24) is 9.78 Å². The first-order valence-electron chi connectivity index (χ1n) is 6.83. The second-order valence-corrected chi connectivity index (χ2v) is 5.15. The molecule has 0 aliphatic carbocycles. The van der Waals surface area contributed by atoms with Gasteiger partial charge in [-0.2, -0.15) is 13.9 Å². The molecule has 0 spiro atoms. The van der Waals surface area contributed by atoms with Gasteiger partial charge in [0.05, 0.1) is 6.20 Å². The molecular formula is C15H17F2N3O2. The highest BCUT2D eigenvalue weighted by Gasteiger charge is 2.12. The molecule has 22 heavy (non-hydrogen) atoms. The third-order valence-corrected chi connectivity index (χ3v) is 2.82. The van der Waals surface area contributed by atoms with E-state index in [0.717, 1.165) is 0 Å². The van der Waals surface area contributed by atoms with E-state index in [0.29, 0.717) is 18.3 Å². The fourth-order valence-corrected chi connectivity index (χ4v) is 1.93. The first kappa shape index (κ1) is 15.9. The first-order chi connectivity index (χ1) is 10.5. The Morgan fingerprint density at radius 1 is 1.36 bits per heavy atom. The number of alkyl halides is 2. The number of hydrogen-bond donors (Lipinski definition) is 1. The van der Waals surface area contributed by atoms with Crippen molar-refractivity contribution in [1.29, 1.82) is 0 Å². The fraction of sp³-hybridized carbons (Fsp3) is 0.333. The van der Waals surface area contributed by atoms with Crippen LogP contribution in [0.25, 0.3) is 0 Å². The molecule has 0 aliphatic rings. The Bertz CT molecular complexity index is 641. The zero-order valence-electron chi connectivity index (χ0n) is 12.3. The third-order valence-electron chi connectivity index (χ3n) is 2.82. The van der Waals surface area contributed by atoms with Crippen LogP contribution in [0.4, 0.5) is 14.6 Å². The number of hydrogen-bond acceptors (Lipinski definition) is 3. The molecule has 7 heteroatoms. The van der Waals surface area contributed by atoms with Gasteiger partial charge in [0.2, 0.25) is 0 Å². The Labute approximate surface area is 126 Å². The summed E-state index contributed by atoms with van der Waals surface area (Å²) in [7, 11) is 0. The van der Waals surface area contributed by atoms with Crippen molar-refractivity contribution in [3.05, 3.63) is 42.1 Å². The number of carbonyl (C=O) groups is 1. The summed E-state index contributed by atoms with van der Waals surface area (Å²) < 4.78 is 30.4. The molecule has 2 rings (SSSR count). The van der Waals surface area contributed by atoms with Crippen LogP contribution in [0.3, 0.4) is 0 Å². The minimum absolute atomic E-state index is 0.0571. The van der Waals surface area contributed by atoms with Crippen LogP contribution >= 0.6 is 0 Å². The molecule has 1 heterocycles. The van der Waals surface area contributed by atoms with Gasteiger partial charge in [0.1, 0.15) is 11.6 Å². The second kappa shape index (κ2) is 7.02. The van der Waals surface area contributed by atoms with Crippen LogP contribution in [-0.2, 0) is 6.54 Å². The lowest BCUT2D eigenvalue weighted by Gasteiger charge is -2.11. The normalized spacial score (nSPS) is 11.0. The highest BCUT2D eigenvalue weighted by Crippen LogP contribution is 2.17. The maximum Gasteiger partial charge on any atom is 0.387 e. The molecule has 0 radical (unpaired) electrons. The zero-order valence-corrected chi connectivity index (χ0v) is 12.3. The molecule has 2 aromatic rings. The van der Waals surface area contributed by atoms with Gasteiger partial charge in [-0.25, -0.2) is 4.68 Å². The average Bonchev–Trinajstić information content (AvgIpc) is 2.84. The smallest absolute Gasteiger partial charge is 0.387 e. The van der Waals surface area contributed by atoms with Gasteiger partial charge in [0, 0.05) is 18.2 Å². The number of carbonyl (C=O) groups excluding carboxylic acids is 1. The van der Waals surface area contributed by atoms with Crippen molar-refractivity contribution in [2.45, 2.75) is 27.0 Å². The number of halogens is 2. The number of benzene rings is 1. The van der Waals surface area contributed by atoms with E-state index in [-0.39, 0.29) is 11.3 Å². The summed E-state index contributed by atoms with van der Waals surface area (Å²) in [6.07, 6.45) is 1.59. The van der Waals surface area contributed by atoms with Gasteiger partial charge in [0.25, 0.3) is 5.91 Å². The van der Waals surface area contributed by atoms with Crippen molar-refractivity contribution in [2.75, 3.05) is 5.32 Å². The van der Waals surface area contributed by atoms with Gasteiger partial charge < -0.3 is 10.1 Å². The summed E-state index contributed by atoms with van der Waals surface area (Å²) >= 11 is 0. The molecule has 0 fully saturated rings. The lowest BCUT2D eigenvalue weighted by molar-refractivity contribution is -0.0498. The van der Waals surface area contributed by atoms with Gasteiger partial charge in [-0.1, -0.05) is 19.9 Å². The van der Waals surface area contributed by atoms with E-state index in [1.165, 1.54) is 24.3 Å². The van der Waals surface area contributed by atoms with E-state index in [1.807, 2.05) is 13.8 Å². The molecule has 0 unspecified atom stereocenters. The Morgan fingerprint density at radius 3 is 2.82 bits per heavy atom. The van der Waals surface area contributed by atoms with Gasteiger partial charge in [-0.15, -0.1) is 0 Å². The number of nitrogens with one attached hydrogen (secondary N) is 1. The molecule has 1 amide bonds. The van der Waals surface area contributed by atoms with Crippen LogP contribution in [0.15, 0.2) is 36.5 Å². The zero-order chi connectivity index (χ0) is 16.1. The van der Waals surface area contributed by atoms with Gasteiger partial charge in [-0.3, -0.25) is 4.79 Å². The van der Waals surface area contributed by atoms with Gasteiger partial charge in [-0.05, 0) is 24.1 Å². The fourth-order valence-electron chi connectivity index (χ4n) is 1.93. The third kappa shape index (κ3) is 4.28. The second-order valence-electron chi connectivity index (χ2n) is 5.15. The molecule has 1 aromatic carbocycles. The van der Waals surface area contributed by atoms with Crippen molar-refractivity contribution in [3.63, 3.8) is 0 Å². The summed E-state index contributed by atoms with van der Waals surface area (Å²) in [4.78, 5) is 12.2. The molecule has 1 aromatic heterocycles. The molecule has 1 N–H and O–H groups in total. The molecule has 0 atom stereocenters. The van der Waals surface area contributed by atoms with Gasteiger partial charge >= 0.3 is 6.61 Å². The molecule has 0 bridgehead atoms. The maximum atomic E-state index is 12.2. The summed E-state index contributed by atoms with van der Waals surface area (Å²) in [6.45, 7) is 1.82. The largest absolute Gasteiger partial charge is 0.435 e.